The van der Waals surface area contributed by atoms with Gasteiger partial charge in [-0.3, -0.25) is 9.59 Å². The van der Waals surface area contributed by atoms with E-state index in [1.165, 1.54) is 6.92 Å². The van der Waals surface area contributed by atoms with Crippen molar-refractivity contribution in [1.29, 1.82) is 0 Å². The predicted molar refractivity (Wildman–Crippen MR) is 147 cm³/mol. The van der Waals surface area contributed by atoms with E-state index in [4.69, 9.17) is 14.2 Å². The van der Waals surface area contributed by atoms with Crippen LogP contribution in [-0.4, -0.2) is 75.2 Å². The molecule has 0 saturated heterocycles. The van der Waals surface area contributed by atoms with E-state index in [-0.39, 0.29) is 17.8 Å². The lowest BCUT2D eigenvalue weighted by Crippen LogP contribution is -2.45. The number of alkyl carbamates (subject to hydrolysis) is 1. The van der Waals surface area contributed by atoms with Crippen molar-refractivity contribution in [3.8, 4) is 0 Å². The monoisotopic (exact) mass is 567 g/mol. The highest BCUT2D eigenvalue weighted by atomic mass is 16.6. The van der Waals surface area contributed by atoms with Gasteiger partial charge in [0.15, 0.2) is 5.69 Å². The highest BCUT2D eigenvalue weighted by Crippen LogP contribution is 2.14. The largest absolute Gasteiger partial charge is 0.458 e. The Morgan fingerprint density at radius 1 is 0.800 bits per heavy atom. The van der Waals surface area contributed by atoms with Crippen LogP contribution in [0.4, 0.5) is 4.79 Å². The van der Waals surface area contributed by atoms with E-state index in [0.29, 0.717) is 19.4 Å². The van der Waals surface area contributed by atoms with Crippen LogP contribution >= 0.6 is 0 Å². The predicted octanol–water partition coefficient (Wildman–Crippen LogP) is 3.00. The van der Waals surface area contributed by atoms with Crippen LogP contribution < -0.4 is 16.0 Å². The Kier molecular flexibility index (Phi) is 12.1. The van der Waals surface area contributed by atoms with Gasteiger partial charge in [-0.15, -0.1) is 0 Å². The number of nitrogens with zero attached hydrogens (tertiary/aromatic N) is 1. The maximum atomic E-state index is 13.1. The molecule has 1 heterocycles. The summed E-state index contributed by atoms with van der Waals surface area (Å²) in [6.07, 6.45) is 1.79. The maximum absolute atomic E-state index is 13.1. The van der Waals surface area contributed by atoms with Gasteiger partial charge in [-0.25, -0.2) is 19.4 Å². The summed E-state index contributed by atoms with van der Waals surface area (Å²) in [5.74, 6) is -2.82. The lowest BCUT2D eigenvalue weighted by molar-refractivity contribution is -0.158. The normalized spacial score (nSPS) is 13.4. The van der Waals surface area contributed by atoms with Crippen LogP contribution in [0.5, 0.6) is 0 Å². The zero-order valence-corrected chi connectivity index (χ0v) is 25.3. The number of unbranched alkanes of at least 4 members (excludes halogenated alkanes) is 1. The Labute approximate surface area is 235 Å². The molecule has 0 saturated carbocycles. The molecule has 0 aromatic carbocycles. The van der Waals surface area contributed by atoms with E-state index in [9.17, 15) is 24.0 Å². The number of imidazole rings is 1. The first-order valence-electron chi connectivity index (χ1n) is 13.3. The first kappa shape index (κ1) is 34.4. The summed E-state index contributed by atoms with van der Waals surface area (Å²) >= 11 is 0. The van der Waals surface area contributed by atoms with Gasteiger partial charge in [0.05, 0.1) is 6.33 Å². The minimum Gasteiger partial charge on any atom is -0.458 e. The van der Waals surface area contributed by atoms with Crippen molar-refractivity contribution in [2.45, 2.75) is 117 Å². The van der Waals surface area contributed by atoms with E-state index in [2.05, 4.69) is 25.9 Å². The zero-order valence-electron chi connectivity index (χ0n) is 25.3. The molecule has 13 nitrogen and oxygen atoms in total. The molecule has 4 N–H and O–H groups in total. The average Bonchev–Trinajstić information content (AvgIpc) is 3.24. The summed E-state index contributed by atoms with van der Waals surface area (Å²) < 4.78 is 15.9. The van der Waals surface area contributed by atoms with Crippen LogP contribution in [-0.2, 0) is 23.8 Å². The van der Waals surface area contributed by atoms with Gasteiger partial charge >= 0.3 is 18.0 Å². The molecule has 13 heteroatoms. The Bertz CT molecular complexity index is 1050. The second kappa shape index (κ2) is 14.1. The number of carbonyl (C=O) groups excluding carboxylic acids is 5. The molecular weight excluding hydrogens is 522 g/mol. The van der Waals surface area contributed by atoms with Crippen molar-refractivity contribution in [2.24, 2.45) is 0 Å². The van der Waals surface area contributed by atoms with Crippen molar-refractivity contribution in [3.63, 3.8) is 0 Å². The van der Waals surface area contributed by atoms with E-state index >= 15 is 0 Å². The van der Waals surface area contributed by atoms with Gasteiger partial charge in [-0.2, -0.15) is 0 Å². The van der Waals surface area contributed by atoms with Crippen molar-refractivity contribution < 1.29 is 38.2 Å². The number of nitrogens with one attached hydrogen (secondary N) is 4. The van der Waals surface area contributed by atoms with Gasteiger partial charge < -0.3 is 35.1 Å². The molecule has 0 fully saturated rings. The standard InChI is InChI=1S/C27H45N5O8/c1-16(22(35)38-25(2,3)4)31-20(33)18-19(30-15-29-18)21(34)32-17(23(36)39-26(5,6)7)13-11-12-14-28-24(37)40-27(8,9)10/h15-17H,11-14H2,1-10H3,(H,28,37)(H,29,30)(H,31,33)(H,32,34). The summed E-state index contributed by atoms with van der Waals surface area (Å²) in [4.78, 5) is 69.3. The lowest BCUT2D eigenvalue weighted by atomic mass is 10.1. The average molecular weight is 568 g/mol. The number of hydrogen-bond donors (Lipinski definition) is 4. The summed E-state index contributed by atoms with van der Waals surface area (Å²) in [5.41, 5.74) is -2.59. The number of esters is 2. The molecule has 0 aliphatic heterocycles. The number of aromatic amines is 1. The zero-order chi connectivity index (χ0) is 30.9. The maximum Gasteiger partial charge on any atom is 0.407 e. The third-order valence-corrected chi connectivity index (χ3v) is 4.77. The van der Waals surface area contributed by atoms with Crippen LogP contribution in [0, 0.1) is 0 Å². The number of rotatable bonds is 11. The second-order valence-corrected chi connectivity index (χ2v) is 12.3. The second-order valence-electron chi connectivity index (χ2n) is 12.3. The Morgan fingerprint density at radius 3 is 1.90 bits per heavy atom. The Hall–Kier alpha value is -3.64. The fourth-order valence-corrected chi connectivity index (χ4v) is 3.18. The molecule has 1 rings (SSSR count). The van der Waals surface area contributed by atoms with Gasteiger partial charge in [0, 0.05) is 6.54 Å². The van der Waals surface area contributed by atoms with E-state index < -0.39 is 58.7 Å². The van der Waals surface area contributed by atoms with Crippen molar-refractivity contribution in [2.75, 3.05) is 6.54 Å². The summed E-state index contributed by atoms with van der Waals surface area (Å²) in [6, 6.07) is -2.03. The fraction of sp³-hybridized carbons (Fsp3) is 0.704. The number of carbonyl (C=O) groups is 5. The van der Waals surface area contributed by atoms with Gasteiger partial charge in [0.2, 0.25) is 0 Å². The lowest BCUT2D eigenvalue weighted by Gasteiger charge is -2.24. The fourth-order valence-electron chi connectivity index (χ4n) is 3.18. The molecule has 3 amide bonds. The summed E-state index contributed by atoms with van der Waals surface area (Å²) in [6.45, 7) is 17.3. The van der Waals surface area contributed by atoms with Gasteiger partial charge in [-0.1, -0.05) is 0 Å². The highest BCUT2D eigenvalue weighted by Gasteiger charge is 2.30. The van der Waals surface area contributed by atoms with Gasteiger partial charge in [0.25, 0.3) is 11.8 Å². The SMILES string of the molecule is CC(NC(=O)c1nc[nH]c1C(=O)NC(CCCCNC(=O)OC(C)(C)C)C(=O)OC(C)(C)C)C(=O)OC(C)(C)C. The third-order valence-electron chi connectivity index (χ3n) is 4.77. The topological polar surface area (TPSA) is 178 Å². The molecule has 0 bridgehead atoms. The number of amides is 3. The van der Waals surface area contributed by atoms with Crippen molar-refractivity contribution in [1.82, 2.24) is 25.9 Å². The van der Waals surface area contributed by atoms with E-state index in [1.54, 1.807) is 62.3 Å². The summed E-state index contributed by atoms with van der Waals surface area (Å²) in [7, 11) is 0. The number of ether oxygens (including phenoxy) is 3. The molecule has 2 unspecified atom stereocenters. The third kappa shape index (κ3) is 13.4. The van der Waals surface area contributed by atoms with Crippen LogP contribution in [0.3, 0.4) is 0 Å². The molecule has 0 aliphatic carbocycles. The van der Waals surface area contributed by atoms with Crippen LogP contribution in [0.2, 0.25) is 0 Å². The molecule has 1 aromatic heterocycles. The molecule has 226 valence electrons. The quantitative estimate of drug-likeness (QED) is 0.178. The number of H-pyrrole nitrogens is 1. The smallest absolute Gasteiger partial charge is 0.407 e. The molecule has 40 heavy (non-hydrogen) atoms. The first-order valence-corrected chi connectivity index (χ1v) is 13.3. The molecule has 0 spiro atoms. The molecule has 0 radical (unpaired) electrons. The Balaban J connectivity index is 2.87. The molecule has 0 aliphatic rings. The minimum absolute atomic E-state index is 0.186. The van der Waals surface area contributed by atoms with Crippen molar-refractivity contribution >= 4 is 29.8 Å². The van der Waals surface area contributed by atoms with Crippen molar-refractivity contribution in [3.05, 3.63) is 17.7 Å². The molecule has 1 aromatic rings. The van der Waals surface area contributed by atoms with Gasteiger partial charge in [-0.05, 0) is 88.5 Å². The molecule has 2 atom stereocenters. The van der Waals surface area contributed by atoms with Crippen LogP contribution in [0.15, 0.2) is 6.33 Å². The van der Waals surface area contributed by atoms with E-state index in [0.717, 1.165) is 6.33 Å². The Morgan fingerprint density at radius 2 is 1.35 bits per heavy atom. The van der Waals surface area contributed by atoms with Crippen LogP contribution in [0.1, 0.15) is 109 Å². The molecular formula is C27H45N5O8. The highest BCUT2D eigenvalue weighted by molar-refractivity contribution is 6.06. The van der Waals surface area contributed by atoms with Gasteiger partial charge in [0.1, 0.15) is 34.6 Å². The van der Waals surface area contributed by atoms with Crippen LogP contribution in [0.25, 0.3) is 0 Å². The number of hydrogen-bond acceptors (Lipinski definition) is 9. The minimum atomic E-state index is -1.03. The van der Waals surface area contributed by atoms with E-state index in [1.807, 2.05) is 0 Å². The number of aromatic nitrogens is 2. The first-order chi connectivity index (χ1) is 18.2. The summed E-state index contributed by atoms with van der Waals surface area (Å²) in [5, 5.41) is 7.72.